The quantitative estimate of drug-likeness (QED) is 0.746. The van der Waals surface area contributed by atoms with E-state index < -0.39 is 0 Å². The van der Waals surface area contributed by atoms with Crippen LogP contribution in [-0.2, 0) is 6.42 Å². The third-order valence-electron chi connectivity index (χ3n) is 2.02. The summed E-state index contributed by atoms with van der Waals surface area (Å²) < 4.78 is 5.40. The Morgan fingerprint density at radius 1 is 1.46 bits per heavy atom. The standard InChI is InChI=1S/C10H12O2S/c11-4-6-13-9-1-2-10-8(7-9)3-5-12-10/h1-2,7,11H,3-6H2. The first-order chi connectivity index (χ1) is 6.40. The van der Waals surface area contributed by atoms with Crippen LogP contribution in [0, 0.1) is 0 Å². The molecule has 1 aliphatic heterocycles. The van der Waals surface area contributed by atoms with Crippen LogP contribution in [-0.4, -0.2) is 24.1 Å². The van der Waals surface area contributed by atoms with Crippen LogP contribution < -0.4 is 4.74 Å². The molecule has 0 atom stereocenters. The summed E-state index contributed by atoms with van der Waals surface area (Å²) in [4.78, 5) is 1.22. The fraction of sp³-hybridized carbons (Fsp3) is 0.400. The Morgan fingerprint density at radius 3 is 3.23 bits per heavy atom. The van der Waals surface area contributed by atoms with Crippen molar-refractivity contribution in [2.45, 2.75) is 11.3 Å². The fourth-order valence-electron chi connectivity index (χ4n) is 1.42. The zero-order valence-electron chi connectivity index (χ0n) is 7.32. The summed E-state index contributed by atoms with van der Waals surface area (Å²) in [6, 6.07) is 6.22. The molecule has 0 bridgehead atoms. The molecule has 1 heterocycles. The van der Waals surface area contributed by atoms with Gasteiger partial charge >= 0.3 is 0 Å². The summed E-state index contributed by atoms with van der Waals surface area (Å²) >= 11 is 1.68. The van der Waals surface area contributed by atoms with Gasteiger partial charge in [-0.1, -0.05) is 0 Å². The first-order valence-corrected chi connectivity index (χ1v) is 5.38. The van der Waals surface area contributed by atoms with Gasteiger partial charge in [-0.05, 0) is 23.8 Å². The number of rotatable bonds is 3. The average molecular weight is 196 g/mol. The van der Waals surface area contributed by atoms with Gasteiger partial charge in [0.15, 0.2) is 0 Å². The molecule has 1 aromatic carbocycles. The van der Waals surface area contributed by atoms with Crippen LogP contribution in [0.25, 0.3) is 0 Å². The van der Waals surface area contributed by atoms with Gasteiger partial charge in [0.05, 0.1) is 13.2 Å². The highest BCUT2D eigenvalue weighted by molar-refractivity contribution is 7.99. The molecule has 70 valence electrons. The lowest BCUT2D eigenvalue weighted by atomic mass is 10.2. The average Bonchev–Trinajstić information content (AvgIpc) is 2.61. The van der Waals surface area contributed by atoms with Crippen molar-refractivity contribution < 1.29 is 9.84 Å². The largest absolute Gasteiger partial charge is 0.493 e. The van der Waals surface area contributed by atoms with Gasteiger partial charge in [-0.25, -0.2) is 0 Å². The van der Waals surface area contributed by atoms with Crippen LogP contribution in [0.4, 0.5) is 0 Å². The highest BCUT2D eigenvalue weighted by Gasteiger charge is 2.11. The molecule has 0 unspecified atom stereocenters. The molecule has 0 saturated carbocycles. The smallest absolute Gasteiger partial charge is 0.122 e. The van der Waals surface area contributed by atoms with E-state index in [9.17, 15) is 0 Å². The monoisotopic (exact) mass is 196 g/mol. The second-order valence-electron chi connectivity index (χ2n) is 2.94. The first-order valence-electron chi connectivity index (χ1n) is 4.39. The molecule has 1 N–H and O–H groups in total. The number of aliphatic hydroxyl groups is 1. The third kappa shape index (κ3) is 1.98. The molecule has 0 aliphatic carbocycles. The van der Waals surface area contributed by atoms with Crippen molar-refractivity contribution in [2.24, 2.45) is 0 Å². The van der Waals surface area contributed by atoms with Gasteiger partial charge in [-0.2, -0.15) is 0 Å². The molecule has 13 heavy (non-hydrogen) atoms. The molecule has 1 aliphatic rings. The zero-order chi connectivity index (χ0) is 9.10. The van der Waals surface area contributed by atoms with Crippen molar-refractivity contribution in [1.29, 1.82) is 0 Å². The predicted octanol–water partition coefficient (Wildman–Crippen LogP) is 1.71. The summed E-state index contributed by atoms with van der Waals surface area (Å²) in [5.41, 5.74) is 1.29. The number of fused-ring (bicyclic) bond motifs is 1. The van der Waals surface area contributed by atoms with E-state index in [1.165, 1.54) is 10.5 Å². The normalized spacial score (nSPS) is 13.9. The highest BCUT2D eigenvalue weighted by atomic mass is 32.2. The number of hydrogen-bond acceptors (Lipinski definition) is 3. The lowest BCUT2D eigenvalue weighted by molar-refractivity contribution is 0.322. The summed E-state index contributed by atoms with van der Waals surface area (Å²) in [7, 11) is 0. The van der Waals surface area contributed by atoms with E-state index in [0.29, 0.717) is 0 Å². The summed E-state index contributed by atoms with van der Waals surface area (Å²) in [6.45, 7) is 1.04. The van der Waals surface area contributed by atoms with Crippen molar-refractivity contribution in [3.63, 3.8) is 0 Å². The summed E-state index contributed by atoms with van der Waals surface area (Å²) in [6.07, 6.45) is 1.02. The van der Waals surface area contributed by atoms with E-state index in [1.807, 2.05) is 12.1 Å². The second-order valence-corrected chi connectivity index (χ2v) is 4.11. The minimum Gasteiger partial charge on any atom is -0.493 e. The Kier molecular flexibility index (Phi) is 2.76. The van der Waals surface area contributed by atoms with Crippen LogP contribution in [0.3, 0.4) is 0 Å². The van der Waals surface area contributed by atoms with Crippen molar-refractivity contribution in [1.82, 2.24) is 0 Å². The fourth-order valence-corrected chi connectivity index (χ4v) is 2.13. The van der Waals surface area contributed by atoms with Gasteiger partial charge in [0.1, 0.15) is 5.75 Å². The van der Waals surface area contributed by atoms with E-state index in [1.54, 1.807) is 11.8 Å². The van der Waals surface area contributed by atoms with E-state index >= 15 is 0 Å². The van der Waals surface area contributed by atoms with Crippen LogP contribution in [0.2, 0.25) is 0 Å². The number of aliphatic hydroxyl groups excluding tert-OH is 1. The predicted molar refractivity (Wildman–Crippen MR) is 53.5 cm³/mol. The molecule has 0 saturated heterocycles. The molecule has 0 fully saturated rings. The van der Waals surface area contributed by atoms with Crippen LogP contribution in [0.1, 0.15) is 5.56 Å². The van der Waals surface area contributed by atoms with Crippen LogP contribution in [0.15, 0.2) is 23.1 Å². The third-order valence-corrected chi connectivity index (χ3v) is 2.99. The van der Waals surface area contributed by atoms with Gasteiger partial charge < -0.3 is 9.84 Å². The Bertz CT molecular complexity index is 299. The van der Waals surface area contributed by atoms with Crippen molar-refractivity contribution in [3.8, 4) is 5.75 Å². The lowest BCUT2D eigenvalue weighted by Crippen LogP contribution is -1.86. The zero-order valence-corrected chi connectivity index (χ0v) is 8.14. The van der Waals surface area contributed by atoms with E-state index in [0.717, 1.165) is 24.5 Å². The molecule has 0 aromatic heterocycles. The summed E-state index contributed by atoms with van der Waals surface area (Å²) in [5.74, 6) is 1.79. The Labute approximate surface area is 81.9 Å². The summed E-state index contributed by atoms with van der Waals surface area (Å²) in [5, 5.41) is 8.68. The van der Waals surface area contributed by atoms with Crippen LogP contribution in [0.5, 0.6) is 5.75 Å². The molecular formula is C10H12O2S. The lowest BCUT2D eigenvalue weighted by Gasteiger charge is -2.02. The molecule has 2 rings (SSSR count). The molecular weight excluding hydrogens is 184 g/mol. The van der Waals surface area contributed by atoms with Crippen LogP contribution >= 0.6 is 11.8 Å². The second kappa shape index (κ2) is 4.03. The maximum Gasteiger partial charge on any atom is 0.122 e. The highest BCUT2D eigenvalue weighted by Crippen LogP contribution is 2.29. The number of thioether (sulfide) groups is 1. The maximum atomic E-state index is 8.68. The maximum absolute atomic E-state index is 8.68. The van der Waals surface area contributed by atoms with Gasteiger partial charge in [-0.15, -0.1) is 11.8 Å². The van der Waals surface area contributed by atoms with E-state index in [2.05, 4.69) is 6.07 Å². The molecule has 0 radical (unpaired) electrons. The van der Waals surface area contributed by atoms with Gasteiger partial charge in [-0.3, -0.25) is 0 Å². The van der Waals surface area contributed by atoms with Gasteiger partial charge in [0, 0.05) is 17.1 Å². The van der Waals surface area contributed by atoms with E-state index in [4.69, 9.17) is 9.84 Å². The van der Waals surface area contributed by atoms with Gasteiger partial charge in [0.25, 0.3) is 0 Å². The minimum absolute atomic E-state index is 0.234. The Hall–Kier alpha value is -0.670. The molecule has 0 spiro atoms. The molecule has 1 aromatic rings. The number of hydrogen-bond donors (Lipinski definition) is 1. The van der Waals surface area contributed by atoms with Crippen molar-refractivity contribution >= 4 is 11.8 Å². The minimum atomic E-state index is 0.234. The first kappa shape index (κ1) is 8.91. The Morgan fingerprint density at radius 2 is 2.38 bits per heavy atom. The molecule has 0 amide bonds. The number of benzene rings is 1. The Balaban J connectivity index is 2.12. The number of ether oxygens (including phenoxy) is 1. The molecule has 3 heteroatoms. The van der Waals surface area contributed by atoms with Crippen molar-refractivity contribution in [2.75, 3.05) is 19.0 Å². The van der Waals surface area contributed by atoms with Gasteiger partial charge in [0.2, 0.25) is 0 Å². The van der Waals surface area contributed by atoms with E-state index in [-0.39, 0.29) is 6.61 Å². The SMILES string of the molecule is OCCSc1ccc2c(c1)CCO2. The van der Waals surface area contributed by atoms with Crippen molar-refractivity contribution in [3.05, 3.63) is 23.8 Å². The topological polar surface area (TPSA) is 29.5 Å². The molecule has 2 nitrogen and oxygen atoms in total.